The minimum Gasteiger partial charge on any atom is -0.466 e. The highest BCUT2D eigenvalue weighted by molar-refractivity contribution is 5.92. The van der Waals surface area contributed by atoms with E-state index in [0.717, 1.165) is 19.3 Å². The number of carbonyl (C=O) groups excluding carboxylic acids is 2. The van der Waals surface area contributed by atoms with Gasteiger partial charge in [-0.3, -0.25) is 9.59 Å². The van der Waals surface area contributed by atoms with Crippen molar-refractivity contribution in [2.24, 2.45) is 11.3 Å². The van der Waals surface area contributed by atoms with E-state index in [0.29, 0.717) is 31.1 Å². The zero-order valence-corrected chi connectivity index (χ0v) is 8.54. The van der Waals surface area contributed by atoms with Crippen LogP contribution in [-0.4, -0.2) is 18.4 Å². The molecule has 2 atom stereocenters. The predicted molar refractivity (Wildman–Crippen MR) is 50.6 cm³/mol. The van der Waals surface area contributed by atoms with Crippen LogP contribution in [0.2, 0.25) is 0 Å². The minimum absolute atomic E-state index is 0.203. The molecule has 0 N–H and O–H groups in total. The predicted octanol–water partition coefficient (Wildman–Crippen LogP) is 1.70. The van der Waals surface area contributed by atoms with Crippen molar-refractivity contribution in [1.29, 1.82) is 0 Å². The molecule has 0 radical (unpaired) electrons. The van der Waals surface area contributed by atoms with Gasteiger partial charge >= 0.3 is 5.97 Å². The van der Waals surface area contributed by atoms with Crippen LogP contribution in [0.3, 0.4) is 0 Å². The molecule has 0 aromatic rings. The number of hydrogen-bond donors (Lipinski definition) is 0. The molecule has 0 spiro atoms. The maximum Gasteiger partial charge on any atom is 0.306 e. The molecule has 0 aromatic carbocycles. The van der Waals surface area contributed by atoms with Crippen molar-refractivity contribution < 1.29 is 14.3 Å². The Hall–Kier alpha value is -0.860. The quantitative estimate of drug-likeness (QED) is 0.645. The highest BCUT2D eigenvalue weighted by atomic mass is 16.5. The van der Waals surface area contributed by atoms with E-state index in [1.165, 1.54) is 0 Å². The zero-order chi connectivity index (χ0) is 10.2. The molecule has 3 nitrogen and oxygen atoms in total. The van der Waals surface area contributed by atoms with Crippen LogP contribution < -0.4 is 0 Å². The first-order chi connectivity index (χ1) is 6.69. The summed E-state index contributed by atoms with van der Waals surface area (Å²) in [6, 6.07) is 0. The molecule has 0 aliphatic heterocycles. The molecule has 3 heteroatoms. The number of ether oxygens (including phenoxy) is 1. The monoisotopic (exact) mass is 196 g/mol. The standard InChI is InChI=1S/C11H16O3/c1-2-14-10(13)7-11-6-8(11)4-3-5-9(11)12/h8H,2-7H2,1H3. The first kappa shape index (κ1) is 9.69. The van der Waals surface area contributed by atoms with Crippen molar-refractivity contribution in [2.75, 3.05) is 6.61 Å². The van der Waals surface area contributed by atoms with E-state index in [2.05, 4.69) is 0 Å². The van der Waals surface area contributed by atoms with Crippen LogP contribution in [0.1, 0.15) is 39.0 Å². The van der Waals surface area contributed by atoms with Gasteiger partial charge < -0.3 is 4.74 Å². The van der Waals surface area contributed by atoms with Crippen LogP contribution in [0, 0.1) is 11.3 Å². The van der Waals surface area contributed by atoms with Gasteiger partial charge in [0, 0.05) is 11.8 Å². The molecule has 0 heterocycles. The summed E-state index contributed by atoms with van der Waals surface area (Å²) in [4.78, 5) is 23.0. The summed E-state index contributed by atoms with van der Waals surface area (Å²) in [5.74, 6) is 0.570. The molecule has 2 aliphatic carbocycles. The fourth-order valence-electron chi connectivity index (χ4n) is 2.64. The van der Waals surface area contributed by atoms with Gasteiger partial charge in [0.2, 0.25) is 0 Å². The van der Waals surface area contributed by atoms with Gasteiger partial charge in [-0.15, -0.1) is 0 Å². The van der Waals surface area contributed by atoms with E-state index in [1.807, 2.05) is 0 Å². The lowest BCUT2D eigenvalue weighted by Crippen LogP contribution is -2.26. The molecule has 2 saturated carbocycles. The zero-order valence-electron chi connectivity index (χ0n) is 8.54. The van der Waals surface area contributed by atoms with Gasteiger partial charge in [0.15, 0.2) is 0 Å². The summed E-state index contributed by atoms with van der Waals surface area (Å²) in [5.41, 5.74) is -0.287. The largest absolute Gasteiger partial charge is 0.466 e. The molecule has 78 valence electrons. The number of ketones is 1. The van der Waals surface area contributed by atoms with E-state index in [-0.39, 0.29) is 11.4 Å². The van der Waals surface area contributed by atoms with Gasteiger partial charge in [-0.25, -0.2) is 0 Å². The molecule has 0 bridgehead atoms. The van der Waals surface area contributed by atoms with Gasteiger partial charge in [0.25, 0.3) is 0 Å². The third kappa shape index (κ3) is 1.45. The molecule has 14 heavy (non-hydrogen) atoms. The molecule has 2 rings (SSSR count). The number of esters is 1. The Morgan fingerprint density at radius 2 is 2.43 bits per heavy atom. The SMILES string of the molecule is CCOC(=O)CC12CC1CCCC2=O. The second-order valence-corrected chi connectivity index (χ2v) is 4.35. The molecule has 0 amide bonds. The number of carbonyl (C=O) groups is 2. The Bertz CT molecular complexity index is 272. The number of hydrogen-bond acceptors (Lipinski definition) is 3. The number of rotatable bonds is 3. The van der Waals surface area contributed by atoms with Crippen LogP contribution in [0.25, 0.3) is 0 Å². The summed E-state index contributed by atoms with van der Waals surface area (Å²) in [7, 11) is 0. The van der Waals surface area contributed by atoms with Crippen LogP contribution in [0.5, 0.6) is 0 Å². The molecule has 2 aliphatic rings. The minimum atomic E-state index is -0.287. The van der Waals surface area contributed by atoms with E-state index in [1.54, 1.807) is 6.92 Å². The average Bonchev–Trinajstić information content (AvgIpc) is 2.81. The van der Waals surface area contributed by atoms with Gasteiger partial charge in [0.05, 0.1) is 13.0 Å². The molecule has 0 saturated heterocycles. The van der Waals surface area contributed by atoms with Crippen molar-refractivity contribution in [1.82, 2.24) is 0 Å². The van der Waals surface area contributed by atoms with Crippen LogP contribution >= 0.6 is 0 Å². The maximum atomic E-state index is 11.7. The van der Waals surface area contributed by atoms with E-state index >= 15 is 0 Å². The van der Waals surface area contributed by atoms with Crippen molar-refractivity contribution in [3.05, 3.63) is 0 Å². The summed E-state index contributed by atoms with van der Waals surface area (Å²) in [5, 5.41) is 0. The van der Waals surface area contributed by atoms with E-state index in [4.69, 9.17) is 4.74 Å². The van der Waals surface area contributed by atoms with Crippen LogP contribution in [0.15, 0.2) is 0 Å². The Labute approximate surface area is 83.8 Å². The molecular formula is C11H16O3. The smallest absolute Gasteiger partial charge is 0.306 e. The lowest BCUT2D eigenvalue weighted by atomic mass is 9.85. The van der Waals surface area contributed by atoms with Gasteiger partial charge in [-0.2, -0.15) is 0 Å². The summed E-state index contributed by atoms with van der Waals surface area (Å²) < 4.78 is 4.89. The third-order valence-electron chi connectivity index (χ3n) is 3.51. The lowest BCUT2D eigenvalue weighted by Gasteiger charge is -2.19. The van der Waals surface area contributed by atoms with Crippen molar-refractivity contribution in [3.63, 3.8) is 0 Å². The Balaban J connectivity index is 1.97. The topological polar surface area (TPSA) is 43.4 Å². The Morgan fingerprint density at radius 1 is 1.64 bits per heavy atom. The fourth-order valence-corrected chi connectivity index (χ4v) is 2.64. The first-order valence-electron chi connectivity index (χ1n) is 5.38. The van der Waals surface area contributed by atoms with Crippen molar-refractivity contribution >= 4 is 11.8 Å². The van der Waals surface area contributed by atoms with Gasteiger partial charge in [-0.05, 0) is 32.1 Å². The second kappa shape index (κ2) is 3.37. The summed E-state index contributed by atoms with van der Waals surface area (Å²) in [6.07, 6.45) is 4.03. The van der Waals surface area contributed by atoms with Gasteiger partial charge in [0.1, 0.15) is 5.78 Å². The average molecular weight is 196 g/mol. The normalized spacial score (nSPS) is 34.9. The second-order valence-electron chi connectivity index (χ2n) is 4.35. The summed E-state index contributed by atoms with van der Waals surface area (Å²) in [6.45, 7) is 2.20. The fraction of sp³-hybridized carbons (Fsp3) is 0.818. The third-order valence-corrected chi connectivity index (χ3v) is 3.51. The highest BCUT2D eigenvalue weighted by Crippen LogP contribution is 2.61. The highest BCUT2D eigenvalue weighted by Gasteiger charge is 2.61. The molecule has 2 unspecified atom stereocenters. The van der Waals surface area contributed by atoms with Crippen molar-refractivity contribution in [3.8, 4) is 0 Å². The Kier molecular flexibility index (Phi) is 2.33. The number of fused-ring (bicyclic) bond motifs is 1. The van der Waals surface area contributed by atoms with E-state index in [9.17, 15) is 9.59 Å². The maximum absolute atomic E-state index is 11.7. The number of Topliss-reactive ketones (excluding diaryl/α,β-unsaturated/α-hetero) is 1. The van der Waals surface area contributed by atoms with Crippen LogP contribution in [-0.2, 0) is 14.3 Å². The van der Waals surface area contributed by atoms with Crippen LogP contribution in [0.4, 0.5) is 0 Å². The molecule has 2 fully saturated rings. The molecule has 0 aromatic heterocycles. The first-order valence-corrected chi connectivity index (χ1v) is 5.38. The van der Waals surface area contributed by atoms with Gasteiger partial charge in [-0.1, -0.05) is 0 Å². The summed E-state index contributed by atoms with van der Waals surface area (Å²) >= 11 is 0. The Morgan fingerprint density at radius 3 is 3.07 bits per heavy atom. The lowest BCUT2D eigenvalue weighted by molar-refractivity contribution is -0.147. The van der Waals surface area contributed by atoms with Crippen molar-refractivity contribution in [2.45, 2.75) is 39.0 Å². The molecular weight excluding hydrogens is 180 g/mol. The van der Waals surface area contributed by atoms with E-state index < -0.39 is 0 Å².